The maximum atomic E-state index is 11.2. The summed E-state index contributed by atoms with van der Waals surface area (Å²) < 4.78 is 5.40. The molecule has 0 aliphatic heterocycles. The number of rotatable bonds is 2. The van der Waals surface area contributed by atoms with Gasteiger partial charge in [-0.25, -0.2) is 0 Å². The highest BCUT2D eigenvalue weighted by molar-refractivity contribution is 7.19. The van der Waals surface area contributed by atoms with Crippen molar-refractivity contribution in [2.45, 2.75) is 26.7 Å². The van der Waals surface area contributed by atoms with E-state index in [4.69, 9.17) is 4.74 Å². The first-order valence-corrected chi connectivity index (χ1v) is 7.48. The molecule has 3 nitrogen and oxygen atoms in total. The number of anilines is 1. The van der Waals surface area contributed by atoms with Crippen LogP contribution >= 0.6 is 11.3 Å². The number of thiophene rings is 1. The summed E-state index contributed by atoms with van der Waals surface area (Å²) in [6.45, 7) is 3.61. The van der Waals surface area contributed by atoms with Crippen LogP contribution in [-0.4, -0.2) is 13.0 Å². The summed E-state index contributed by atoms with van der Waals surface area (Å²) in [7, 11) is 1.71. The summed E-state index contributed by atoms with van der Waals surface area (Å²) in [5.74, 6) is 0.931. The molecule has 0 bridgehead atoms. The van der Waals surface area contributed by atoms with Crippen LogP contribution in [0.4, 0.5) is 5.00 Å². The Morgan fingerprint density at radius 1 is 1.25 bits per heavy atom. The molecular weight excluding hydrogens is 270 g/mol. The zero-order chi connectivity index (χ0) is 14.3. The van der Waals surface area contributed by atoms with Crippen molar-refractivity contribution >= 4 is 22.2 Å². The zero-order valence-electron chi connectivity index (χ0n) is 11.9. The van der Waals surface area contributed by atoms with Gasteiger partial charge >= 0.3 is 0 Å². The topological polar surface area (TPSA) is 38.3 Å². The quantitative estimate of drug-likeness (QED) is 0.912. The minimum atomic E-state index is -0.0188. The second kappa shape index (κ2) is 4.94. The summed E-state index contributed by atoms with van der Waals surface area (Å²) in [6, 6.07) is 6.44. The Kier molecular flexibility index (Phi) is 3.26. The smallest absolute Gasteiger partial charge is 0.221 e. The predicted octanol–water partition coefficient (Wildman–Crippen LogP) is 3.79. The van der Waals surface area contributed by atoms with E-state index in [1.54, 1.807) is 25.4 Å². The fraction of sp³-hybridized carbons (Fsp3) is 0.312. The van der Waals surface area contributed by atoms with Crippen LogP contribution in [0.15, 0.2) is 18.2 Å². The first kappa shape index (κ1) is 13.2. The molecule has 0 atom stereocenters. The summed E-state index contributed by atoms with van der Waals surface area (Å²) >= 11 is 1.66. The van der Waals surface area contributed by atoms with Crippen molar-refractivity contribution in [3.05, 3.63) is 34.9 Å². The second-order valence-electron chi connectivity index (χ2n) is 5.13. The van der Waals surface area contributed by atoms with Crippen LogP contribution in [-0.2, 0) is 17.6 Å². The third-order valence-electron chi connectivity index (χ3n) is 3.64. The van der Waals surface area contributed by atoms with E-state index in [9.17, 15) is 4.79 Å². The molecule has 1 heterocycles. The number of hydrogen-bond donors (Lipinski definition) is 1. The average Bonchev–Trinajstić information content (AvgIpc) is 2.80. The van der Waals surface area contributed by atoms with Crippen LogP contribution in [0.5, 0.6) is 5.75 Å². The average molecular weight is 287 g/mol. The number of aryl methyl sites for hydroxylation is 3. The van der Waals surface area contributed by atoms with Crippen LogP contribution in [0.25, 0.3) is 10.4 Å². The minimum absolute atomic E-state index is 0.0188. The van der Waals surface area contributed by atoms with Gasteiger partial charge in [-0.1, -0.05) is 0 Å². The van der Waals surface area contributed by atoms with Gasteiger partial charge in [0.25, 0.3) is 0 Å². The molecule has 104 valence electrons. The molecular formula is C16H17NO2S. The first-order valence-electron chi connectivity index (χ1n) is 6.66. The lowest BCUT2D eigenvalue weighted by Gasteiger charge is -2.18. The van der Waals surface area contributed by atoms with E-state index in [1.165, 1.54) is 21.6 Å². The molecule has 0 saturated carbocycles. The lowest BCUT2D eigenvalue weighted by Crippen LogP contribution is -2.03. The van der Waals surface area contributed by atoms with Crippen molar-refractivity contribution in [2.75, 3.05) is 12.4 Å². The summed E-state index contributed by atoms with van der Waals surface area (Å²) in [4.78, 5) is 12.5. The van der Waals surface area contributed by atoms with Crippen LogP contribution in [0, 0.1) is 6.92 Å². The summed E-state index contributed by atoms with van der Waals surface area (Å²) in [6.07, 6.45) is 2.04. The van der Waals surface area contributed by atoms with Crippen molar-refractivity contribution in [1.29, 1.82) is 0 Å². The Morgan fingerprint density at radius 2 is 2.00 bits per heavy atom. The second-order valence-corrected chi connectivity index (χ2v) is 6.18. The van der Waals surface area contributed by atoms with Crippen LogP contribution in [0.2, 0.25) is 0 Å². The monoisotopic (exact) mass is 287 g/mol. The molecule has 1 aliphatic rings. The largest absolute Gasteiger partial charge is 0.496 e. The number of fused-ring (bicyclic) bond motifs is 3. The van der Waals surface area contributed by atoms with Crippen LogP contribution in [0.1, 0.15) is 23.6 Å². The van der Waals surface area contributed by atoms with Crippen molar-refractivity contribution < 1.29 is 9.53 Å². The van der Waals surface area contributed by atoms with E-state index in [-0.39, 0.29) is 5.91 Å². The fourth-order valence-corrected chi connectivity index (χ4v) is 3.92. The number of carbonyl (C=O) groups excluding carboxylic acids is 1. The number of ether oxygens (including phenoxy) is 1. The predicted molar refractivity (Wildman–Crippen MR) is 82.8 cm³/mol. The number of amides is 1. The Labute approximate surface area is 122 Å². The van der Waals surface area contributed by atoms with Gasteiger partial charge in [-0.3, -0.25) is 4.79 Å². The van der Waals surface area contributed by atoms with Gasteiger partial charge < -0.3 is 10.1 Å². The Bertz CT molecular complexity index is 688. The highest BCUT2D eigenvalue weighted by Gasteiger charge is 2.21. The number of nitrogens with one attached hydrogen (secondary N) is 1. The van der Waals surface area contributed by atoms with Crippen LogP contribution in [0.3, 0.4) is 0 Å². The van der Waals surface area contributed by atoms with Crippen molar-refractivity contribution in [3.8, 4) is 16.2 Å². The lowest BCUT2D eigenvalue weighted by atomic mass is 9.90. The molecule has 2 aromatic rings. The van der Waals surface area contributed by atoms with Gasteiger partial charge in [-0.05, 0) is 60.2 Å². The molecule has 0 radical (unpaired) electrons. The molecule has 1 aliphatic carbocycles. The Morgan fingerprint density at radius 3 is 2.70 bits per heavy atom. The van der Waals surface area contributed by atoms with Crippen molar-refractivity contribution in [1.82, 2.24) is 0 Å². The van der Waals surface area contributed by atoms with Crippen molar-refractivity contribution in [3.63, 3.8) is 0 Å². The molecule has 0 spiro atoms. The Hall–Kier alpha value is -1.81. The third-order valence-corrected chi connectivity index (χ3v) is 4.76. The van der Waals surface area contributed by atoms with E-state index < -0.39 is 0 Å². The molecule has 1 N–H and O–H groups in total. The Balaban J connectivity index is 2.08. The summed E-state index contributed by atoms with van der Waals surface area (Å²) in [5.41, 5.74) is 5.09. The zero-order valence-corrected chi connectivity index (χ0v) is 12.7. The molecule has 20 heavy (non-hydrogen) atoms. The SMILES string of the molecule is COc1cc2c(cc1C)-c1sc(NC(C)=O)cc1CC2. The van der Waals surface area contributed by atoms with Gasteiger partial charge in [0.2, 0.25) is 5.91 Å². The van der Waals surface area contributed by atoms with Gasteiger partial charge in [0.15, 0.2) is 0 Å². The minimum Gasteiger partial charge on any atom is -0.496 e. The molecule has 0 saturated heterocycles. The lowest BCUT2D eigenvalue weighted by molar-refractivity contribution is -0.114. The van der Waals surface area contributed by atoms with Gasteiger partial charge in [-0.15, -0.1) is 11.3 Å². The van der Waals surface area contributed by atoms with Crippen LogP contribution < -0.4 is 10.1 Å². The van der Waals surface area contributed by atoms with Gasteiger partial charge in [0, 0.05) is 11.8 Å². The highest BCUT2D eigenvalue weighted by Crippen LogP contribution is 2.43. The van der Waals surface area contributed by atoms with E-state index in [0.717, 1.165) is 29.2 Å². The third kappa shape index (κ3) is 2.20. The number of hydrogen-bond acceptors (Lipinski definition) is 3. The van der Waals surface area contributed by atoms with E-state index >= 15 is 0 Å². The first-order chi connectivity index (χ1) is 9.58. The van der Waals surface area contributed by atoms with Gasteiger partial charge in [0.05, 0.1) is 12.1 Å². The fourth-order valence-electron chi connectivity index (χ4n) is 2.72. The molecule has 1 amide bonds. The van der Waals surface area contributed by atoms with E-state index in [1.807, 2.05) is 0 Å². The van der Waals surface area contributed by atoms with E-state index in [2.05, 4.69) is 30.4 Å². The molecule has 1 aromatic heterocycles. The van der Waals surface area contributed by atoms with Crippen molar-refractivity contribution in [2.24, 2.45) is 0 Å². The molecule has 4 heteroatoms. The molecule has 0 unspecified atom stereocenters. The maximum Gasteiger partial charge on any atom is 0.221 e. The maximum absolute atomic E-state index is 11.2. The number of carbonyl (C=O) groups is 1. The number of benzene rings is 1. The van der Waals surface area contributed by atoms with Gasteiger partial charge in [-0.2, -0.15) is 0 Å². The molecule has 1 aromatic carbocycles. The van der Waals surface area contributed by atoms with Gasteiger partial charge in [0.1, 0.15) is 5.75 Å². The summed E-state index contributed by atoms with van der Waals surface area (Å²) in [5, 5.41) is 3.82. The van der Waals surface area contributed by atoms with E-state index in [0.29, 0.717) is 0 Å². The normalized spacial score (nSPS) is 12.6. The molecule has 3 rings (SSSR count). The standard InChI is InChI=1S/C16H17NO2S/c1-9-6-13-11(7-14(9)19-3)4-5-12-8-15(17-10(2)18)20-16(12)13/h6-8H,4-5H2,1-3H3,(H,17,18). The highest BCUT2D eigenvalue weighted by atomic mass is 32.1. The number of methoxy groups -OCH3 is 1. The molecule has 0 fully saturated rings.